The molecule has 0 radical (unpaired) electrons. The standard InChI is InChI=1S/C13H18ClNO2/c1-2-11-6-7-12(17-11)13(16)15(9-8-14)10-4-3-5-10/h6-7,10H,2-5,8-9H2,1H3. The van der Waals surface area contributed by atoms with Gasteiger partial charge in [-0.15, -0.1) is 11.6 Å². The number of hydrogen-bond acceptors (Lipinski definition) is 2. The second-order valence-electron chi connectivity index (χ2n) is 4.39. The zero-order chi connectivity index (χ0) is 12.3. The molecule has 1 aromatic rings. The maximum atomic E-state index is 12.3. The first-order chi connectivity index (χ1) is 8.26. The van der Waals surface area contributed by atoms with Crippen LogP contribution in [0.3, 0.4) is 0 Å². The van der Waals surface area contributed by atoms with E-state index >= 15 is 0 Å². The van der Waals surface area contributed by atoms with E-state index in [1.165, 1.54) is 6.42 Å². The highest BCUT2D eigenvalue weighted by Crippen LogP contribution is 2.26. The zero-order valence-electron chi connectivity index (χ0n) is 10.1. The van der Waals surface area contributed by atoms with Crippen LogP contribution in [0, 0.1) is 0 Å². The Bertz CT molecular complexity index is 385. The molecule has 0 spiro atoms. The summed E-state index contributed by atoms with van der Waals surface area (Å²) in [4.78, 5) is 14.1. The zero-order valence-corrected chi connectivity index (χ0v) is 10.9. The molecule has 1 amide bonds. The predicted molar refractivity (Wildman–Crippen MR) is 67.5 cm³/mol. The molecule has 0 N–H and O–H groups in total. The third-order valence-electron chi connectivity index (χ3n) is 3.32. The van der Waals surface area contributed by atoms with Crippen LogP contribution < -0.4 is 0 Å². The van der Waals surface area contributed by atoms with Crippen molar-refractivity contribution in [3.63, 3.8) is 0 Å². The Hall–Kier alpha value is -0.960. The van der Waals surface area contributed by atoms with Crippen molar-refractivity contribution >= 4 is 17.5 Å². The summed E-state index contributed by atoms with van der Waals surface area (Å²) in [6.45, 7) is 2.61. The number of carbonyl (C=O) groups excluding carboxylic acids is 1. The molecule has 1 heterocycles. The number of furan rings is 1. The third-order valence-corrected chi connectivity index (χ3v) is 3.49. The Labute approximate surface area is 107 Å². The number of aryl methyl sites for hydroxylation is 1. The van der Waals surface area contributed by atoms with Crippen molar-refractivity contribution in [3.8, 4) is 0 Å². The fraction of sp³-hybridized carbons (Fsp3) is 0.615. The minimum absolute atomic E-state index is 0.0185. The van der Waals surface area contributed by atoms with Crippen LogP contribution in [0.4, 0.5) is 0 Å². The number of halogens is 1. The van der Waals surface area contributed by atoms with Gasteiger partial charge in [0, 0.05) is 24.9 Å². The van der Waals surface area contributed by atoms with Crippen molar-refractivity contribution in [1.29, 1.82) is 0 Å². The van der Waals surface area contributed by atoms with E-state index in [0.29, 0.717) is 24.2 Å². The molecule has 1 aliphatic rings. The van der Waals surface area contributed by atoms with Crippen molar-refractivity contribution in [3.05, 3.63) is 23.7 Å². The molecule has 0 aromatic carbocycles. The largest absolute Gasteiger partial charge is 0.456 e. The van der Waals surface area contributed by atoms with E-state index in [-0.39, 0.29) is 5.91 Å². The molecule has 2 rings (SSSR count). The van der Waals surface area contributed by atoms with Crippen molar-refractivity contribution < 1.29 is 9.21 Å². The molecular weight excluding hydrogens is 238 g/mol. The molecule has 1 aromatic heterocycles. The number of amides is 1. The van der Waals surface area contributed by atoms with Crippen LogP contribution in [-0.2, 0) is 6.42 Å². The lowest BCUT2D eigenvalue weighted by Gasteiger charge is -2.36. The summed E-state index contributed by atoms with van der Waals surface area (Å²) in [5.74, 6) is 1.76. The Morgan fingerprint density at radius 3 is 2.76 bits per heavy atom. The molecule has 0 atom stereocenters. The summed E-state index contributed by atoms with van der Waals surface area (Å²) in [5.41, 5.74) is 0. The molecule has 1 fully saturated rings. The smallest absolute Gasteiger partial charge is 0.289 e. The maximum Gasteiger partial charge on any atom is 0.289 e. The van der Waals surface area contributed by atoms with Crippen LogP contribution in [0.15, 0.2) is 16.5 Å². The molecular formula is C13H18ClNO2. The second kappa shape index (κ2) is 5.58. The Morgan fingerprint density at radius 2 is 2.29 bits per heavy atom. The first kappa shape index (κ1) is 12.5. The molecule has 0 unspecified atom stereocenters. The Balaban J connectivity index is 2.09. The molecule has 3 nitrogen and oxygen atoms in total. The highest BCUT2D eigenvalue weighted by atomic mass is 35.5. The van der Waals surface area contributed by atoms with Gasteiger partial charge in [-0.05, 0) is 31.4 Å². The summed E-state index contributed by atoms with van der Waals surface area (Å²) in [5, 5.41) is 0. The van der Waals surface area contributed by atoms with E-state index < -0.39 is 0 Å². The predicted octanol–water partition coefficient (Wildman–Crippen LogP) is 3.08. The summed E-state index contributed by atoms with van der Waals surface area (Å²) in [6.07, 6.45) is 4.19. The number of carbonyl (C=O) groups is 1. The van der Waals surface area contributed by atoms with Crippen LogP contribution in [0.5, 0.6) is 0 Å². The maximum absolute atomic E-state index is 12.3. The van der Waals surface area contributed by atoms with Gasteiger partial charge in [-0.1, -0.05) is 6.92 Å². The van der Waals surface area contributed by atoms with Gasteiger partial charge in [-0.3, -0.25) is 4.79 Å². The molecule has 1 aliphatic carbocycles. The van der Waals surface area contributed by atoms with Gasteiger partial charge in [0.15, 0.2) is 5.76 Å². The van der Waals surface area contributed by atoms with Crippen LogP contribution in [0.2, 0.25) is 0 Å². The first-order valence-electron chi connectivity index (χ1n) is 6.22. The van der Waals surface area contributed by atoms with Crippen molar-refractivity contribution in [2.24, 2.45) is 0 Å². The number of hydrogen-bond donors (Lipinski definition) is 0. The van der Waals surface area contributed by atoms with E-state index in [0.717, 1.165) is 25.0 Å². The molecule has 1 saturated carbocycles. The highest BCUT2D eigenvalue weighted by Gasteiger charge is 2.30. The SMILES string of the molecule is CCc1ccc(C(=O)N(CCCl)C2CCC2)o1. The normalized spacial score (nSPS) is 15.6. The molecule has 17 heavy (non-hydrogen) atoms. The third kappa shape index (κ3) is 2.65. The Kier molecular flexibility index (Phi) is 4.11. The topological polar surface area (TPSA) is 33.5 Å². The monoisotopic (exact) mass is 255 g/mol. The number of alkyl halides is 1. The fourth-order valence-electron chi connectivity index (χ4n) is 2.06. The van der Waals surface area contributed by atoms with Gasteiger partial charge < -0.3 is 9.32 Å². The molecule has 0 aliphatic heterocycles. The molecule has 4 heteroatoms. The van der Waals surface area contributed by atoms with Gasteiger partial charge in [-0.25, -0.2) is 0 Å². The van der Waals surface area contributed by atoms with E-state index in [1.807, 2.05) is 17.9 Å². The second-order valence-corrected chi connectivity index (χ2v) is 4.77. The molecule has 0 bridgehead atoms. The van der Waals surface area contributed by atoms with Crippen LogP contribution in [0.1, 0.15) is 42.5 Å². The lowest BCUT2D eigenvalue weighted by Crippen LogP contribution is -2.45. The summed E-state index contributed by atoms with van der Waals surface area (Å²) >= 11 is 5.76. The van der Waals surface area contributed by atoms with Crippen molar-refractivity contribution in [1.82, 2.24) is 4.90 Å². The lowest BCUT2D eigenvalue weighted by molar-refractivity contribution is 0.0564. The van der Waals surface area contributed by atoms with Crippen LogP contribution >= 0.6 is 11.6 Å². The summed E-state index contributed by atoms with van der Waals surface area (Å²) in [7, 11) is 0. The van der Waals surface area contributed by atoms with Crippen molar-refractivity contribution in [2.75, 3.05) is 12.4 Å². The van der Waals surface area contributed by atoms with Gasteiger partial charge in [-0.2, -0.15) is 0 Å². The van der Waals surface area contributed by atoms with Crippen LogP contribution in [-0.4, -0.2) is 29.3 Å². The number of rotatable bonds is 5. The average molecular weight is 256 g/mol. The summed E-state index contributed by atoms with van der Waals surface area (Å²) in [6, 6.07) is 3.99. The molecule has 94 valence electrons. The van der Waals surface area contributed by atoms with Gasteiger partial charge in [0.2, 0.25) is 0 Å². The number of nitrogens with zero attached hydrogens (tertiary/aromatic N) is 1. The van der Waals surface area contributed by atoms with Gasteiger partial charge >= 0.3 is 0 Å². The minimum Gasteiger partial charge on any atom is -0.456 e. The average Bonchev–Trinajstić information content (AvgIpc) is 2.73. The van der Waals surface area contributed by atoms with E-state index in [9.17, 15) is 4.79 Å². The van der Waals surface area contributed by atoms with Crippen molar-refractivity contribution in [2.45, 2.75) is 38.6 Å². The quantitative estimate of drug-likeness (QED) is 0.758. The highest BCUT2D eigenvalue weighted by molar-refractivity contribution is 6.18. The van der Waals surface area contributed by atoms with Gasteiger partial charge in [0.05, 0.1) is 0 Å². The first-order valence-corrected chi connectivity index (χ1v) is 6.75. The van der Waals surface area contributed by atoms with Gasteiger partial charge in [0.1, 0.15) is 5.76 Å². The Morgan fingerprint density at radius 1 is 1.53 bits per heavy atom. The fourth-order valence-corrected chi connectivity index (χ4v) is 2.25. The van der Waals surface area contributed by atoms with E-state index in [1.54, 1.807) is 6.07 Å². The molecule has 0 saturated heterocycles. The van der Waals surface area contributed by atoms with E-state index in [4.69, 9.17) is 16.0 Å². The van der Waals surface area contributed by atoms with Gasteiger partial charge in [0.25, 0.3) is 5.91 Å². The van der Waals surface area contributed by atoms with Crippen LogP contribution in [0.25, 0.3) is 0 Å². The van der Waals surface area contributed by atoms with E-state index in [2.05, 4.69) is 0 Å². The summed E-state index contributed by atoms with van der Waals surface area (Å²) < 4.78 is 5.51. The lowest BCUT2D eigenvalue weighted by atomic mass is 9.91. The minimum atomic E-state index is -0.0185.